The number of fused-ring (bicyclic) bond motifs is 1. The molecule has 0 saturated carbocycles. The van der Waals surface area contributed by atoms with Crippen LogP contribution in [0.3, 0.4) is 0 Å². The highest BCUT2D eigenvalue weighted by Gasteiger charge is 2.29. The van der Waals surface area contributed by atoms with Gasteiger partial charge in [-0.25, -0.2) is 4.98 Å². The molecule has 2 aliphatic heterocycles. The lowest BCUT2D eigenvalue weighted by Gasteiger charge is -2.24. The van der Waals surface area contributed by atoms with Gasteiger partial charge >= 0.3 is 0 Å². The van der Waals surface area contributed by atoms with Crippen molar-refractivity contribution in [3.05, 3.63) is 16.7 Å². The minimum atomic E-state index is 0.296. The van der Waals surface area contributed by atoms with Gasteiger partial charge in [0.2, 0.25) is 11.6 Å². The third-order valence-electron chi connectivity index (χ3n) is 5.22. The number of aromatic nitrogens is 1. The molecule has 1 saturated heterocycles. The third kappa shape index (κ3) is 4.23. The highest BCUT2D eigenvalue weighted by molar-refractivity contribution is 5.60. The van der Waals surface area contributed by atoms with Gasteiger partial charge in [-0.2, -0.15) is 5.26 Å². The summed E-state index contributed by atoms with van der Waals surface area (Å²) in [6.07, 6.45) is 5.76. The van der Waals surface area contributed by atoms with Crippen LogP contribution in [0.1, 0.15) is 49.3 Å². The number of unbranched alkanes of at least 4 members (excludes halogenated alkanes) is 1. The number of pyridine rings is 1. The van der Waals surface area contributed by atoms with Gasteiger partial charge in [0.15, 0.2) is 0 Å². The zero-order valence-corrected chi connectivity index (χ0v) is 15.5. The quantitative estimate of drug-likeness (QED) is 0.638. The molecular weight excluding hydrogens is 314 g/mol. The van der Waals surface area contributed by atoms with Crippen LogP contribution in [0.5, 0.6) is 0 Å². The summed E-state index contributed by atoms with van der Waals surface area (Å²) in [5, 5.41) is 16.7. The Morgan fingerprint density at radius 2 is 2.20 bits per heavy atom. The molecule has 3 rings (SSSR count). The number of H-pyrrole nitrogens is 1. The van der Waals surface area contributed by atoms with Crippen molar-refractivity contribution in [3.8, 4) is 6.07 Å². The summed E-state index contributed by atoms with van der Waals surface area (Å²) < 4.78 is 5.74. The number of ether oxygens (including phenoxy) is 1. The summed E-state index contributed by atoms with van der Waals surface area (Å²) in [5.74, 6) is 1.92. The van der Waals surface area contributed by atoms with Crippen LogP contribution in [0, 0.1) is 11.3 Å². The molecule has 0 bridgehead atoms. The Kier molecular flexibility index (Phi) is 6.11. The molecule has 2 aliphatic rings. The fourth-order valence-corrected chi connectivity index (χ4v) is 3.73. The summed E-state index contributed by atoms with van der Waals surface area (Å²) in [5.41, 5.74) is 3.27. The van der Waals surface area contributed by atoms with Crippen LogP contribution >= 0.6 is 0 Å². The van der Waals surface area contributed by atoms with Crippen LogP contribution < -0.4 is 20.5 Å². The number of quaternary nitrogens is 1. The maximum Gasteiger partial charge on any atom is 0.237 e. The van der Waals surface area contributed by atoms with Gasteiger partial charge in [-0.1, -0.05) is 13.3 Å². The number of hydrogen-bond donors (Lipinski definition) is 3. The van der Waals surface area contributed by atoms with E-state index >= 15 is 0 Å². The van der Waals surface area contributed by atoms with E-state index in [0.29, 0.717) is 6.10 Å². The molecule has 0 amide bonds. The first-order chi connectivity index (χ1) is 12.2. The van der Waals surface area contributed by atoms with Crippen molar-refractivity contribution in [2.24, 2.45) is 0 Å². The van der Waals surface area contributed by atoms with Gasteiger partial charge in [-0.3, -0.25) is 0 Å². The van der Waals surface area contributed by atoms with E-state index in [-0.39, 0.29) is 0 Å². The number of nitriles is 1. The number of aromatic amines is 1. The molecule has 6 heteroatoms. The van der Waals surface area contributed by atoms with Gasteiger partial charge < -0.3 is 20.3 Å². The van der Waals surface area contributed by atoms with Crippen LogP contribution in [0.2, 0.25) is 0 Å². The van der Waals surface area contributed by atoms with Crippen LogP contribution in [0.25, 0.3) is 0 Å². The van der Waals surface area contributed by atoms with Gasteiger partial charge in [0.05, 0.1) is 38.3 Å². The zero-order valence-electron chi connectivity index (χ0n) is 15.5. The van der Waals surface area contributed by atoms with Crippen molar-refractivity contribution in [1.29, 1.82) is 5.26 Å². The van der Waals surface area contributed by atoms with E-state index in [2.05, 4.69) is 35.7 Å². The molecule has 3 heterocycles. The predicted octanol–water partition coefficient (Wildman–Crippen LogP) is 0.746. The minimum Gasteiger partial charge on any atom is -0.375 e. The Labute approximate surface area is 150 Å². The fourth-order valence-electron chi connectivity index (χ4n) is 3.73. The Hall–Kier alpha value is -1.84. The standard InChI is InChI=1S/C19H29N5O/c1-3-4-8-21-18-16(11-20)15-7-9-24(2)13-17(15)19(23-18)22-12-14-6-5-10-25-14/h14H,3-10,12-13H2,1-2H3,(H2,21,22,23)/p+2/t14-/m1/s1. The lowest BCUT2D eigenvalue weighted by molar-refractivity contribution is -0.895. The minimum absolute atomic E-state index is 0.296. The first kappa shape index (κ1) is 18.0. The van der Waals surface area contributed by atoms with Crippen molar-refractivity contribution < 1.29 is 14.6 Å². The maximum atomic E-state index is 9.73. The van der Waals surface area contributed by atoms with E-state index in [0.717, 1.165) is 82.1 Å². The van der Waals surface area contributed by atoms with Crippen molar-refractivity contribution in [2.75, 3.05) is 43.9 Å². The highest BCUT2D eigenvalue weighted by atomic mass is 16.5. The molecule has 4 N–H and O–H groups in total. The van der Waals surface area contributed by atoms with Crippen molar-refractivity contribution in [2.45, 2.75) is 51.7 Å². The lowest BCUT2D eigenvalue weighted by atomic mass is 9.96. The number of nitrogens with zero attached hydrogens (tertiary/aromatic N) is 1. The Balaban J connectivity index is 1.87. The van der Waals surface area contributed by atoms with Gasteiger partial charge in [0.25, 0.3) is 0 Å². The Bertz CT molecular complexity index is 634. The first-order valence-corrected chi connectivity index (χ1v) is 9.64. The van der Waals surface area contributed by atoms with Crippen molar-refractivity contribution in [1.82, 2.24) is 0 Å². The SMILES string of the molecule is CCCCNc1[nH+]c(NC[C@H]2CCCO2)c2c(c1C#N)CC[NH+](C)C2. The molecule has 0 spiro atoms. The average molecular weight is 345 g/mol. The lowest BCUT2D eigenvalue weighted by Crippen LogP contribution is -3.08. The monoisotopic (exact) mass is 345 g/mol. The Morgan fingerprint density at radius 1 is 1.32 bits per heavy atom. The van der Waals surface area contributed by atoms with Crippen LogP contribution in [0.4, 0.5) is 11.6 Å². The number of hydrogen-bond acceptors (Lipinski definition) is 4. The zero-order chi connectivity index (χ0) is 17.6. The first-order valence-electron chi connectivity index (χ1n) is 9.64. The molecule has 2 atom stereocenters. The number of anilines is 2. The van der Waals surface area contributed by atoms with Crippen LogP contribution in [0.15, 0.2) is 0 Å². The second kappa shape index (κ2) is 8.50. The molecule has 0 aliphatic carbocycles. The van der Waals surface area contributed by atoms with Crippen LogP contribution in [-0.4, -0.2) is 39.4 Å². The van der Waals surface area contributed by atoms with Crippen molar-refractivity contribution in [3.63, 3.8) is 0 Å². The van der Waals surface area contributed by atoms with Gasteiger partial charge in [-0.15, -0.1) is 0 Å². The number of nitrogens with one attached hydrogen (secondary N) is 4. The maximum absolute atomic E-state index is 9.73. The van der Waals surface area contributed by atoms with E-state index in [1.165, 1.54) is 16.0 Å². The molecule has 136 valence electrons. The molecule has 1 fully saturated rings. The second-order valence-corrected chi connectivity index (χ2v) is 7.25. The number of rotatable bonds is 7. The Morgan fingerprint density at radius 3 is 2.92 bits per heavy atom. The van der Waals surface area contributed by atoms with Gasteiger partial charge in [-0.05, 0) is 24.8 Å². The summed E-state index contributed by atoms with van der Waals surface area (Å²) >= 11 is 0. The molecule has 1 unspecified atom stereocenters. The fraction of sp³-hybridized carbons (Fsp3) is 0.684. The third-order valence-corrected chi connectivity index (χ3v) is 5.22. The molecule has 0 radical (unpaired) electrons. The molecule has 6 nitrogen and oxygen atoms in total. The summed E-state index contributed by atoms with van der Waals surface area (Å²) in [7, 11) is 2.21. The van der Waals surface area contributed by atoms with E-state index < -0.39 is 0 Å². The number of likely N-dealkylation sites (N-methyl/N-ethyl adjacent to an activating group) is 1. The van der Waals surface area contributed by atoms with E-state index in [9.17, 15) is 5.26 Å². The topological polar surface area (TPSA) is 75.7 Å². The molecular formula is C19H31N5O+2. The molecule has 0 aromatic carbocycles. The highest BCUT2D eigenvalue weighted by Crippen LogP contribution is 2.26. The van der Waals surface area contributed by atoms with Crippen LogP contribution in [-0.2, 0) is 17.7 Å². The second-order valence-electron chi connectivity index (χ2n) is 7.25. The largest absolute Gasteiger partial charge is 0.375 e. The normalized spacial score (nSPS) is 22.3. The van der Waals surface area contributed by atoms with Gasteiger partial charge in [0, 0.05) is 13.0 Å². The van der Waals surface area contributed by atoms with E-state index in [1.54, 1.807) is 0 Å². The molecule has 25 heavy (non-hydrogen) atoms. The summed E-state index contributed by atoms with van der Waals surface area (Å²) in [6.45, 7) is 6.78. The molecule has 1 aromatic rings. The molecule has 1 aromatic heterocycles. The van der Waals surface area contributed by atoms with Gasteiger partial charge in [0.1, 0.15) is 18.2 Å². The summed E-state index contributed by atoms with van der Waals surface area (Å²) in [6, 6.07) is 2.43. The summed E-state index contributed by atoms with van der Waals surface area (Å²) in [4.78, 5) is 4.96. The predicted molar refractivity (Wildman–Crippen MR) is 97.7 cm³/mol. The van der Waals surface area contributed by atoms with E-state index in [1.807, 2.05) is 0 Å². The van der Waals surface area contributed by atoms with Crippen molar-refractivity contribution >= 4 is 11.6 Å². The van der Waals surface area contributed by atoms with E-state index in [4.69, 9.17) is 4.74 Å². The average Bonchev–Trinajstić information content (AvgIpc) is 3.13. The smallest absolute Gasteiger partial charge is 0.237 e.